The number of rotatable bonds is 14. The fourth-order valence-electron chi connectivity index (χ4n) is 5.30. The van der Waals surface area contributed by atoms with Crippen LogP contribution < -0.4 is 15.5 Å². The molecule has 0 radical (unpaired) electrons. The molecule has 10 nitrogen and oxygen atoms in total. The number of hydrogen-bond donors (Lipinski definition) is 3. The van der Waals surface area contributed by atoms with Gasteiger partial charge in [-0.2, -0.15) is 4.31 Å². The van der Waals surface area contributed by atoms with Gasteiger partial charge in [-0.05, 0) is 59.9 Å². The number of nitrogens with zero attached hydrogens (tertiary/aromatic N) is 2. The van der Waals surface area contributed by atoms with E-state index in [1.54, 1.807) is 12.1 Å². The Balaban J connectivity index is 1.66. The van der Waals surface area contributed by atoms with Crippen LogP contribution in [0, 0.1) is 11.3 Å². The van der Waals surface area contributed by atoms with Crippen molar-refractivity contribution in [3.8, 4) is 5.75 Å². The summed E-state index contributed by atoms with van der Waals surface area (Å²) in [6, 6.07) is 13.6. The molecule has 0 bridgehead atoms. The number of nitrogens with one attached hydrogen (secondary N) is 2. The highest BCUT2D eigenvalue weighted by Crippen LogP contribution is 2.30. The first-order valence-corrected chi connectivity index (χ1v) is 17.0. The molecule has 0 aromatic heterocycles. The fraction of sp³-hybridized carbons (Fsp3) is 0.576. The maximum Gasteiger partial charge on any atom is 0.252 e. The zero-order chi connectivity index (χ0) is 32.1. The quantitative estimate of drug-likeness (QED) is 0.274. The number of aliphatic hydroxyl groups excluding tert-OH is 1. The van der Waals surface area contributed by atoms with E-state index in [1.165, 1.54) is 15.4 Å². The van der Waals surface area contributed by atoms with Crippen molar-refractivity contribution in [1.29, 1.82) is 0 Å². The van der Waals surface area contributed by atoms with Crippen molar-refractivity contribution in [3.63, 3.8) is 0 Å². The van der Waals surface area contributed by atoms with E-state index < -0.39 is 33.5 Å². The number of hydrazine groups is 1. The number of fused-ring (bicyclic) bond motifs is 1. The van der Waals surface area contributed by atoms with E-state index in [-0.39, 0.29) is 49.2 Å². The molecule has 2 aliphatic rings. The molecular weight excluding hydrogens is 580 g/mol. The van der Waals surface area contributed by atoms with E-state index in [2.05, 4.69) is 10.7 Å². The van der Waals surface area contributed by atoms with Crippen LogP contribution in [0.3, 0.4) is 0 Å². The van der Waals surface area contributed by atoms with E-state index in [9.17, 15) is 23.1 Å². The van der Waals surface area contributed by atoms with Gasteiger partial charge in [-0.15, -0.1) is 0 Å². The summed E-state index contributed by atoms with van der Waals surface area (Å²) in [5, 5.41) is 16.3. The standard InChI is InChI=1S/C33H48N4O6S/c1-23(2)21-36(44(41,42)27-13-14-30-25(18-27)15-16-43-30)22-29(38)28(17-24-9-7-6-8-10-24)37(32(40)19-33(3,4)5)35-31(39)20-34-26-11-12-26/h6-10,13-14,18,23,26,28-29,34,38H,11-12,15-17,19-22H2,1-5H3,(H,35,39)/t28-,29+/m0/s1. The van der Waals surface area contributed by atoms with Crippen molar-refractivity contribution in [2.45, 2.75) is 89.8 Å². The normalized spacial score (nSPS) is 16.4. The average Bonchev–Trinajstić information content (AvgIpc) is 3.66. The van der Waals surface area contributed by atoms with Crippen molar-refractivity contribution in [2.75, 3.05) is 26.2 Å². The lowest BCUT2D eigenvalue weighted by Gasteiger charge is -2.38. The Labute approximate surface area is 262 Å². The second-order valence-corrected chi connectivity index (χ2v) is 15.5. The summed E-state index contributed by atoms with van der Waals surface area (Å²) in [5.41, 5.74) is 4.06. The first kappa shape index (κ1) is 33.9. The molecule has 1 saturated carbocycles. The summed E-state index contributed by atoms with van der Waals surface area (Å²) < 4.78 is 34.9. The van der Waals surface area contributed by atoms with E-state index in [0.717, 1.165) is 24.0 Å². The highest BCUT2D eigenvalue weighted by molar-refractivity contribution is 7.89. The minimum Gasteiger partial charge on any atom is -0.493 e. The van der Waals surface area contributed by atoms with Crippen LogP contribution in [0.5, 0.6) is 5.75 Å². The highest BCUT2D eigenvalue weighted by Gasteiger charge is 2.37. The Kier molecular flexibility index (Phi) is 11.1. The second kappa shape index (κ2) is 14.4. The van der Waals surface area contributed by atoms with Crippen molar-refractivity contribution in [1.82, 2.24) is 20.1 Å². The number of ether oxygens (including phenoxy) is 1. The van der Waals surface area contributed by atoms with Crippen LogP contribution in [-0.4, -0.2) is 79.1 Å². The van der Waals surface area contributed by atoms with Gasteiger partial charge in [0.2, 0.25) is 15.9 Å². The largest absolute Gasteiger partial charge is 0.493 e. The third kappa shape index (κ3) is 9.50. The maximum absolute atomic E-state index is 14.0. The smallest absolute Gasteiger partial charge is 0.252 e. The van der Waals surface area contributed by atoms with Crippen LogP contribution in [0.15, 0.2) is 53.4 Å². The van der Waals surface area contributed by atoms with Crippen molar-refractivity contribution in [2.24, 2.45) is 11.3 Å². The van der Waals surface area contributed by atoms with Crippen LogP contribution in [0.25, 0.3) is 0 Å². The van der Waals surface area contributed by atoms with Gasteiger partial charge in [-0.1, -0.05) is 65.0 Å². The molecule has 1 aliphatic carbocycles. The van der Waals surface area contributed by atoms with Crippen molar-refractivity contribution >= 4 is 21.8 Å². The topological polar surface area (TPSA) is 128 Å². The van der Waals surface area contributed by atoms with E-state index in [0.29, 0.717) is 24.8 Å². The lowest BCUT2D eigenvalue weighted by molar-refractivity contribution is -0.149. The van der Waals surface area contributed by atoms with Crippen molar-refractivity contribution in [3.05, 3.63) is 59.7 Å². The molecule has 1 heterocycles. The van der Waals surface area contributed by atoms with Gasteiger partial charge in [0.05, 0.1) is 30.2 Å². The van der Waals surface area contributed by atoms with Gasteiger partial charge in [0.25, 0.3) is 5.91 Å². The number of benzene rings is 2. The Morgan fingerprint density at radius 2 is 1.77 bits per heavy atom. The lowest BCUT2D eigenvalue weighted by atomic mass is 9.91. The van der Waals surface area contributed by atoms with Crippen LogP contribution >= 0.6 is 0 Å². The van der Waals surface area contributed by atoms with E-state index >= 15 is 0 Å². The number of carbonyl (C=O) groups is 2. The first-order chi connectivity index (χ1) is 20.7. The molecule has 3 N–H and O–H groups in total. The molecular formula is C33H48N4O6S. The number of hydrogen-bond acceptors (Lipinski definition) is 7. The number of amides is 2. The van der Waals surface area contributed by atoms with Crippen LogP contribution in [0.4, 0.5) is 0 Å². The first-order valence-electron chi connectivity index (χ1n) is 15.6. The lowest BCUT2D eigenvalue weighted by Crippen LogP contribution is -2.60. The molecule has 2 amide bonds. The minimum atomic E-state index is -4.01. The number of aliphatic hydroxyl groups is 1. The maximum atomic E-state index is 14.0. The molecule has 1 fully saturated rings. The SMILES string of the molecule is CC(C)CN(C[C@@H](O)[C@H](Cc1ccccc1)N(NC(=O)CNC1CC1)C(=O)CC(C)(C)C)S(=O)(=O)c1ccc2c(c1)CCO2. The van der Waals surface area contributed by atoms with Gasteiger partial charge >= 0.3 is 0 Å². The average molecular weight is 629 g/mol. The Morgan fingerprint density at radius 3 is 2.41 bits per heavy atom. The molecule has 44 heavy (non-hydrogen) atoms. The van der Waals surface area contributed by atoms with E-state index in [4.69, 9.17) is 4.74 Å². The predicted molar refractivity (Wildman–Crippen MR) is 169 cm³/mol. The molecule has 0 unspecified atom stereocenters. The summed E-state index contributed by atoms with van der Waals surface area (Å²) >= 11 is 0. The summed E-state index contributed by atoms with van der Waals surface area (Å²) in [7, 11) is -4.01. The molecule has 0 spiro atoms. The van der Waals surface area contributed by atoms with E-state index in [1.807, 2.05) is 65.0 Å². The summed E-state index contributed by atoms with van der Waals surface area (Å²) in [4.78, 5) is 27.0. The van der Waals surface area contributed by atoms with Gasteiger partial charge < -0.3 is 15.2 Å². The second-order valence-electron chi connectivity index (χ2n) is 13.6. The van der Waals surface area contributed by atoms with Gasteiger partial charge in [0.1, 0.15) is 5.75 Å². The van der Waals surface area contributed by atoms with Gasteiger partial charge in [-0.3, -0.25) is 15.0 Å². The molecule has 4 rings (SSSR count). The molecule has 1 aliphatic heterocycles. The predicted octanol–water partition coefficient (Wildman–Crippen LogP) is 3.29. The highest BCUT2D eigenvalue weighted by atomic mass is 32.2. The Hall–Kier alpha value is -2.99. The summed E-state index contributed by atoms with van der Waals surface area (Å²) in [6.07, 6.45) is 1.65. The molecule has 0 saturated heterocycles. The monoisotopic (exact) mass is 628 g/mol. The van der Waals surface area contributed by atoms with Crippen molar-refractivity contribution < 1.29 is 27.9 Å². The zero-order valence-corrected chi connectivity index (χ0v) is 27.4. The fourth-order valence-corrected chi connectivity index (χ4v) is 6.98. The van der Waals surface area contributed by atoms with Crippen LogP contribution in [-0.2, 0) is 32.5 Å². The summed E-state index contributed by atoms with van der Waals surface area (Å²) in [6.45, 7) is 10.1. The third-order valence-electron chi connectivity index (χ3n) is 7.65. The molecule has 2 aromatic rings. The zero-order valence-electron chi connectivity index (χ0n) is 26.6. The van der Waals surface area contributed by atoms with Crippen LogP contribution in [0.1, 0.15) is 65.0 Å². The number of sulfonamides is 1. The Bertz CT molecular complexity index is 1390. The van der Waals surface area contributed by atoms with Gasteiger partial charge in [0.15, 0.2) is 0 Å². The molecule has 242 valence electrons. The Morgan fingerprint density at radius 1 is 1.07 bits per heavy atom. The van der Waals surface area contributed by atoms with Gasteiger partial charge in [-0.25, -0.2) is 13.4 Å². The van der Waals surface area contributed by atoms with Gasteiger partial charge in [0, 0.05) is 32.0 Å². The molecule has 11 heteroatoms. The minimum absolute atomic E-state index is 0.0332. The van der Waals surface area contributed by atoms with Crippen LogP contribution in [0.2, 0.25) is 0 Å². The molecule has 2 atom stereocenters. The molecule has 2 aromatic carbocycles. The summed E-state index contributed by atoms with van der Waals surface area (Å²) in [5.74, 6) is -0.0954. The third-order valence-corrected chi connectivity index (χ3v) is 9.47. The number of carbonyl (C=O) groups excluding carboxylic acids is 2.